The molecule has 2 saturated heterocycles. The van der Waals surface area contributed by atoms with E-state index in [9.17, 15) is 9.18 Å². The summed E-state index contributed by atoms with van der Waals surface area (Å²) in [6.07, 6.45) is 13.1. The standard InChI is InChI=1S/C32H43FN4O3/c1-22(2)35(3)31(38)27-18-25(33)4-5-29(27)37-21-28(26-8-13-34-19-30(26)37)24-9-14-36(15-10-24)20-23-6-11-32(12-7-23)39-16-17-40-32/h4-5,8,18-19,21-24,34H,6-7,9-17,20H2,1-3H3. The van der Waals surface area contributed by atoms with Crippen molar-refractivity contribution >= 4 is 18.2 Å². The summed E-state index contributed by atoms with van der Waals surface area (Å²) in [6, 6.07) is 4.58. The topological polar surface area (TPSA) is 59.0 Å². The lowest BCUT2D eigenvalue weighted by molar-refractivity contribution is -0.183. The summed E-state index contributed by atoms with van der Waals surface area (Å²) in [5.41, 5.74) is 2.44. The number of likely N-dealkylation sites (tertiary alicyclic amines) is 1. The minimum Gasteiger partial charge on any atom is -0.386 e. The first-order chi connectivity index (χ1) is 19.3. The minimum atomic E-state index is -0.400. The number of halogens is 1. The van der Waals surface area contributed by atoms with Crippen molar-refractivity contribution in [2.75, 3.05) is 46.4 Å². The lowest BCUT2D eigenvalue weighted by Crippen LogP contribution is -2.42. The van der Waals surface area contributed by atoms with Crippen LogP contribution < -0.4 is 15.9 Å². The fourth-order valence-electron chi connectivity index (χ4n) is 6.96. The van der Waals surface area contributed by atoms with Crippen LogP contribution >= 0.6 is 0 Å². The Labute approximate surface area is 236 Å². The average molecular weight is 551 g/mol. The van der Waals surface area contributed by atoms with E-state index in [4.69, 9.17) is 9.47 Å². The zero-order valence-corrected chi connectivity index (χ0v) is 24.1. The van der Waals surface area contributed by atoms with Gasteiger partial charge in [0.25, 0.3) is 5.91 Å². The molecule has 1 N–H and O–H groups in total. The number of nitrogens with zero attached hydrogens (tertiary/aromatic N) is 3. The number of hydrogen-bond donors (Lipinski definition) is 1. The molecule has 2 aromatic rings. The van der Waals surface area contributed by atoms with Crippen molar-refractivity contribution in [1.29, 1.82) is 0 Å². The highest BCUT2D eigenvalue weighted by Crippen LogP contribution is 2.39. The fourth-order valence-corrected chi connectivity index (χ4v) is 6.96. The lowest BCUT2D eigenvalue weighted by atomic mass is 9.83. The molecule has 0 unspecified atom stereocenters. The van der Waals surface area contributed by atoms with Crippen LogP contribution in [-0.4, -0.2) is 78.5 Å². The zero-order chi connectivity index (χ0) is 27.9. The van der Waals surface area contributed by atoms with Gasteiger partial charge in [-0.2, -0.15) is 0 Å². The third-order valence-electron chi connectivity index (χ3n) is 9.55. The number of carbonyl (C=O) groups excluding carboxylic acids is 1. The number of rotatable bonds is 6. The predicted molar refractivity (Wildman–Crippen MR) is 154 cm³/mol. The van der Waals surface area contributed by atoms with Crippen LogP contribution in [0.25, 0.3) is 18.0 Å². The van der Waals surface area contributed by atoms with Gasteiger partial charge in [-0.05, 0) is 88.2 Å². The summed E-state index contributed by atoms with van der Waals surface area (Å²) in [4.78, 5) is 17.7. The van der Waals surface area contributed by atoms with E-state index in [1.807, 2.05) is 20.0 Å². The van der Waals surface area contributed by atoms with E-state index in [1.165, 1.54) is 35.8 Å². The number of hydrogen-bond acceptors (Lipinski definition) is 5. The largest absolute Gasteiger partial charge is 0.386 e. The van der Waals surface area contributed by atoms with Crippen LogP contribution in [0.1, 0.15) is 74.2 Å². The summed E-state index contributed by atoms with van der Waals surface area (Å²) >= 11 is 0. The van der Waals surface area contributed by atoms with Crippen molar-refractivity contribution in [2.45, 2.75) is 70.1 Å². The molecule has 8 heteroatoms. The number of amides is 1. The van der Waals surface area contributed by atoms with Crippen LogP contribution in [-0.2, 0) is 9.47 Å². The second-order valence-corrected chi connectivity index (χ2v) is 12.3. The van der Waals surface area contributed by atoms with Gasteiger partial charge >= 0.3 is 0 Å². The predicted octanol–water partition coefficient (Wildman–Crippen LogP) is 3.33. The molecule has 7 nitrogen and oxygen atoms in total. The number of piperidine rings is 1. The molecule has 1 aliphatic carbocycles. The molecule has 1 amide bonds. The SMILES string of the molecule is CC(C)N(C)C(=O)c1cc(F)ccc1-n1cc(C2CCN(CC3CCC4(CC3)OCCO4)CC2)c2c1=CNCC=2. The Bertz CT molecular complexity index is 1340. The molecular formula is C32H43FN4O3. The Morgan fingerprint density at radius 3 is 2.58 bits per heavy atom. The molecular weight excluding hydrogens is 507 g/mol. The number of nitrogens with one attached hydrogen (secondary N) is 1. The molecule has 1 aromatic heterocycles. The number of ether oxygens (including phenoxy) is 2. The third-order valence-corrected chi connectivity index (χ3v) is 9.55. The molecule has 216 valence electrons. The molecule has 4 heterocycles. The molecule has 0 bridgehead atoms. The number of carbonyl (C=O) groups is 1. The molecule has 4 aliphatic rings. The van der Waals surface area contributed by atoms with E-state index < -0.39 is 5.82 Å². The highest BCUT2D eigenvalue weighted by molar-refractivity contribution is 5.98. The van der Waals surface area contributed by atoms with Gasteiger partial charge in [0.15, 0.2) is 5.79 Å². The Kier molecular flexibility index (Phi) is 7.77. The number of fused-ring (bicyclic) bond motifs is 1. The van der Waals surface area contributed by atoms with Crippen molar-refractivity contribution < 1.29 is 18.7 Å². The maximum atomic E-state index is 14.4. The third kappa shape index (κ3) is 5.33. The van der Waals surface area contributed by atoms with E-state index >= 15 is 0 Å². The van der Waals surface area contributed by atoms with Gasteiger partial charge in [-0.1, -0.05) is 6.08 Å². The molecule has 1 spiro atoms. The van der Waals surface area contributed by atoms with Gasteiger partial charge in [0.05, 0.1) is 29.8 Å². The molecule has 3 aliphatic heterocycles. The van der Waals surface area contributed by atoms with Gasteiger partial charge in [0.2, 0.25) is 0 Å². The zero-order valence-electron chi connectivity index (χ0n) is 24.1. The van der Waals surface area contributed by atoms with Gasteiger partial charge in [-0.3, -0.25) is 4.79 Å². The summed E-state index contributed by atoms with van der Waals surface area (Å²) in [5.74, 6) is 0.326. The van der Waals surface area contributed by atoms with Crippen LogP contribution in [0.5, 0.6) is 0 Å². The van der Waals surface area contributed by atoms with Crippen molar-refractivity contribution in [3.63, 3.8) is 0 Å². The summed E-state index contributed by atoms with van der Waals surface area (Å²) in [6.45, 7) is 9.55. The van der Waals surface area contributed by atoms with E-state index in [1.54, 1.807) is 18.0 Å². The average Bonchev–Trinajstić information content (AvgIpc) is 3.59. The van der Waals surface area contributed by atoms with Crippen molar-refractivity contribution in [2.24, 2.45) is 5.92 Å². The van der Waals surface area contributed by atoms with Crippen LogP contribution in [0, 0.1) is 11.7 Å². The van der Waals surface area contributed by atoms with E-state index in [0.717, 1.165) is 82.0 Å². The monoisotopic (exact) mass is 550 g/mol. The fraction of sp³-hybridized carbons (Fsp3) is 0.594. The number of aromatic nitrogens is 1. The molecule has 6 rings (SSSR count). The second-order valence-electron chi connectivity index (χ2n) is 12.3. The Balaban J connectivity index is 1.19. The maximum absolute atomic E-state index is 14.4. The first-order valence-corrected chi connectivity index (χ1v) is 15.1. The van der Waals surface area contributed by atoms with Crippen LogP contribution in [0.4, 0.5) is 4.39 Å². The molecule has 40 heavy (non-hydrogen) atoms. The summed E-state index contributed by atoms with van der Waals surface area (Å²) in [5, 5.41) is 5.62. The minimum absolute atomic E-state index is 0.0172. The first-order valence-electron chi connectivity index (χ1n) is 15.1. The van der Waals surface area contributed by atoms with Crippen LogP contribution in [0.3, 0.4) is 0 Å². The normalized spacial score (nSPS) is 21.6. The highest BCUT2D eigenvalue weighted by Gasteiger charge is 2.40. The molecule has 1 aromatic carbocycles. The lowest BCUT2D eigenvalue weighted by Gasteiger charge is -2.39. The van der Waals surface area contributed by atoms with E-state index in [0.29, 0.717) is 11.5 Å². The van der Waals surface area contributed by atoms with Crippen LogP contribution in [0.15, 0.2) is 24.4 Å². The van der Waals surface area contributed by atoms with E-state index in [-0.39, 0.29) is 17.7 Å². The summed E-state index contributed by atoms with van der Waals surface area (Å²) < 4.78 is 28.3. The maximum Gasteiger partial charge on any atom is 0.256 e. The van der Waals surface area contributed by atoms with E-state index in [2.05, 4.69) is 27.1 Å². The smallest absolute Gasteiger partial charge is 0.256 e. The van der Waals surface area contributed by atoms with Gasteiger partial charge < -0.3 is 29.2 Å². The molecule has 0 radical (unpaired) electrons. The molecule has 1 saturated carbocycles. The van der Waals surface area contributed by atoms with Gasteiger partial charge in [-0.25, -0.2) is 4.39 Å². The van der Waals surface area contributed by atoms with Gasteiger partial charge in [0.1, 0.15) is 5.82 Å². The van der Waals surface area contributed by atoms with Crippen molar-refractivity contribution in [3.8, 4) is 5.69 Å². The quantitative estimate of drug-likeness (QED) is 0.598. The number of benzene rings is 1. The Hall–Kier alpha value is -2.68. The molecule has 3 fully saturated rings. The molecule has 0 atom stereocenters. The van der Waals surface area contributed by atoms with Gasteiger partial charge in [-0.15, -0.1) is 0 Å². The van der Waals surface area contributed by atoms with Gasteiger partial charge in [0, 0.05) is 56.6 Å². The summed E-state index contributed by atoms with van der Waals surface area (Å²) in [7, 11) is 1.77. The first kappa shape index (κ1) is 27.5. The Morgan fingerprint density at radius 1 is 1.15 bits per heavy atom. The van der Waals surface area contributed by atoms with Crippen molar-refractivity contribution in [1.82, 2.24) is 19.7 Å². The Morgan fingerprint density at radius 2 is 1.88 bits per heavy atom. The highest BCUT2D eigenvalue weighted by atomic mass is 19.1. The van der Waals surface area contributed by atoms with Crippen LogP contribution in [0.2, 0.25) is 0 Å². The van der Waals surface area contributed by atoms with Crippen molar-refractivity contribution in [3.05, 3.63) is 51.9 Å². The second kappa shape index (κ2) is 11.3.